The Kier molecular flexibility index (Phi) is 3.84. The molecular weight excluding hydrogens is 340 g/mol. The van der Waals surface area contributed by atoms with Crippen LogP contribution in [0.4, 0.5) is 5.69 Å². The van der Waals surface area contributed by atoms with Crippen LogP contribution in [0.15, 0.2) is 29.2 Å². The SMILES string of the molecule is Nc1c(O)c(S(=O)(=O)[O-])c(O)c2c1C(=O)c1ccccc1C2=O.[NH2+]. The van der Waals surface area contributed by atoms with Crippen molar-refractivity contribution in [3.8, 4) is 11.5 Å². The minimum Gasteiger partial charge on any atom is -0.744 e. The molecule has 1 aliphatic rings. The van der Waals surface area contributed by atoms with Gasteiger partial charge in [0, 0.05) is 17.3 Å². The largest absolute Gasteiger partial charge is 0.744 e. The van der Waals surface area contributed by atoms with Crippen LogP contribution >= 0.6 is 0 Å². The number of phenolic OH excluding ortho intramolecular Hbond substituents is 2. The van der Waals surface area contributed by atoms with E-state index in [1.54, 1.807) is 0 Å². The van der Waals surface area contributed by atoms with Crippen LogP contribution in [0.25, 0.3) is 0 Å². The van der Waals surface area contributed by atoms with Gasteiger partial charge in [0.25, 0.3) is 0 Å². The van der Waals surface area contributed by atoms with Crippen LogP contribution in [0.1, 0.15) is 31.8 Å². The smallest absolute Gasteiger partial charge is 0.198 e. The number of nitrogens with two attached hydrogens (primary N) is 2. The van der Waals surface area contributed by atoms with Gasteiger partial charge >= 0.3 is 0 Å². The van der Waals surface area contributed by atoms with Gasteiger partial charge in [-0.1, -0.05) is 24.3 Å². The van der Waals surface area contributed by atoms with Crippen molar-refractivity contribution >= 4 is 27.4 Å². The van der Waals surface area contributed by atoms with Crippen molar-refractivity contribution in [1.82, 2.24) is 0 Å². The second kappa shape index (κ2) is 5.30. The van der Waals surface area contributed by atoms with Crippen LogP contribution in [0.3, 0.4) is 0 Å². The van der Waals surface area contributed by atoms with Crippen LogP contribution < -0.4 is 11.9 Å². The van der Waals surface area contributed by atoms with Gasteiger partial charge in [0.05, 0.1) is 16.8 Å². The molecule has 0 saturated carbocycles. The second-order valence-electron chi connectivity index (χ2n) is 4.85. The molecule has 6 N–H and O–H groups in total. The number of hydrogen-bond donors (Lipinski definition) is 3. The Morgan fingerprint density at radius 1 is 0.917 bits per heavy atom. The van der Waals surface area contributed by atoms with Crippen LogP contribution in [0.5, 0.6) is 11.5 Å². The molecule has 0 spiro atoms. The molecule has 0 amide bonds. The summed E-state index contributed by atoms with van der Waals surface area (Å²) in [5.41, 5.74) is 3.47. The molecule has 0 bridgehead atoms. The van der Waals surface area contributed by atoms with Crippen molar-refractivity contribution in [3.63, 3.8) is 0 Å². The summed E-state index contributed by atoms with van der Waals surface area (Å²) in [6.45, 7) is 0. The molecule has 0 atom stereocenters. The van der Waals surface area contributed by atoms with Gasteiger partial charge in [-0.15, -0.1) is 0 Å². The van der Waals surface area contributed by atoms with Gasteiger partial charge in [0.15, 0.2) is 17.3 Å². The van der Waals surface area contributed by atoms with Crippen LogP contribution in [-0.2, 0) is 10.1 Å². The van der Waals surface area contributed by atoms with Crippen LogP contribution in [-0.4, -0.2) is 34.8 Å². The van der Waals surface area contributed by atoms with Crippen molar-refractivity contribution in [2.75, 3.05) is 5.73 Å². The normalized spacial score (nSPS) is 13.0. The Morgan fingerprint density at radius 3 is 1.83 bits per heavy atom. The van der Waals surface area contributed by atoms with Crippen molar-refractivity contribution < 1.29 is 38.9 Å². The number of benzene rings is 2. The zero-order valence-corrected chi connectivity index (χ0v) is 12.6. The monoisotopic (exact) mass is 350 g/mol. The number of hydrogen-bond acceptors (Lipinski definition) is 8. The Bertz CT molecular complexity index is 1010. The Morgan fingerprint density at radius 2 is 1.38 bits per heavy atom. The van der Waals surface area contributed by atoms with Crippen molar-refractivity contribution in [1.29, 1.82) is 0 Å². The predicted octanol–water partition coefficient (Wildman–Crippen LogP) is -1.16. The Labute approximate surface area is 135 Å². The molecule has 0 aliphatic heterocycles. The van der Waals surface area contributed by atoms with E-state index in [4.69, 9.17) is 5.73 Å². The summed E-state index contributed by atoms with van der Waals surface area (Å²) in [6, 6.07) is 5.64. The first-order valence-electron chi connectivity index (χ1n) is 6.18. The lowest BCUT2D eigenvalue weighted by atomic mass is 9.82. The van der Waals surface area contributed by atoms with E-state index in [0.29, 0.717) is 0 Å². The first-order valence-corrected chi connectivity index (χ1v) is 7.58. The summed E-state index contributed by atoms with van der Waals surface area (Å²) in [7, 11) is -5.33. The van der Waals surface area contributed by atoms with Gasteiger partial charge in [-0.05, 0) is 0 Å². The summed E-state index contributed by atoms with van der Waals surface area (Å²) in [4.78, 5) is 23.5. The van der Waals surface area contributed by atoms with E-state index in [0.717, 1.165) is 0 Å². The number of carbonyl (C=O) groups excluding carboxylic acids is 2. The standard InChI is InChI=1S/C14H9NO7S.H2N/c15-9-7-8(12(18)14(13(9)19)23(20,21)22)11(17)6-4-2-1-3-5(6)10(7)16;/h1-4,18-19H,15H2,(H,20,21,22);1H2/q;+1/p-1. The van der Waals surface area contributed by atoms with E-state index in [-0.39, 0.29) is 17.3 Å². The van der Waals surface area contributed by atoms with E-state index >= 15 is 0 Å². The minimum atomic E-state index is -5.33. The highest BCUT2D eigenvalue weighted by Crippen LogP contribution is 2.46. The third-order valence-corrected chi connectivity index (χ3v) is 4.45. The molecule has 0 heterocycles. The molecular formula is C14H10N2O7S. The molecule has 1 aliphatic carbocycles. The molecule has 0 unspecified atom stereocenters. The molecule has 24 heavy (non-hydrogen) atoms. The average Bonchev–Trinajstić information content (AvgIpc) is 2.47. The van der Waals surface area contributed by atoms with Gasteiger partial charge in [-0.2, -0.15) is 0 Å². The molecule has 0 aromatic heterocycles. The van der Waals surface area contributed by atoms with E-state index in [1.165, 1.54) is 24.3 Å². The number of ketones is 2. The maximum atomic E-state index is 12.5. The number of phenols is 2. The van der Waals surface area contributed by atoms with Crippen molar-refractivity contribution in [2.45, 2.75) is 4.90 Å². The third kappa shape index (κ3) is 2.12. The first-order chi connectivity index (χ1) is 10.7. The third-order valence-electron chi connectivity index (χ3n) is 3.56. The van der Waals surface area contributed by atoms with E-state index in [1.807, 2.05) is 0 Å². The molecule has 10 heteroatoms. The zero-order valence-electron chi connectivity index (χ0n) is 11.8. The van der Waals surface area contributed by atoms with E-state index in [2.05, 4.69) is 0 Å². The zero-order chi connectivity index (χ0) is 17.1. The van der Waals surface area contributed by atoms with E-state index in [9.17, 15) is 32.8 Å². The molecule has 2 aromatic rings. The second-order valence-corrected chi connectivity index (χ2v) is 6.16. The lowest BCUT2D eigenvalue weighted by Crippen LogP contribution is -2.23. The predicted molar refractivity (Wildman–Crippen MR) is 77.4 cm³/mol. The molecule has 2 aromatic carbocycles. The van der Waals surface area contributed by atoms with E-state index < -0.39 is 54.9 Å². The fraction of sp³-hybridized carbons (Fsp3) is 0. The molecule has 2 radical (unpaired) electrons. The van der Waals surface area contributed by atoms with Gasteiger partial charge in [0.2, 0.25) is 0 Å². The Hall–Kier alpha value is -2.95. The fourth-order valence-corrected chi connectivity index (χ4v) is 3.25. The van der Waals surface area contributed by atoms with Crippen molar-refractivity contribution in [3.05, 3.63) is 46.5 Å². The maximum Gasteiger partial charge on any atom is 0.198 e. The van der Waals surface area contributed by atoms with Crippen LogP contribution in [0, 0.1) is 0 Å². The highest BCUT2D eigenvalue weighted by atomic mass is 32.2. The minimum absolute atomic E-state index is 0. The number of anilines is 1. The first kappa shape index (κ1) is 17.4. The average molecular weight is 350 g/mol. The number of carbonyl (C=O) groups is 2. The summed E-state index contributed by atoms with van der Waals surface area (Å²) in [5.74, 6) is -4.18. The molecule has 0 fully saturated rings. The van der Waals surface area contributed by atoms with Crippen LogP contribution in [0.2, 0.25) is 0 Å². The highest BCUT2D eigenvalue weighted by molar-refractivity contribution is 7.86. The van der Waals surface area contributed by atoms with Gasteiger partial charge in [0.1, 0.15) is 20.8 Å². The molecule has 0 saturated heterocycles. The van der Waals surface area contributed by atoms with Crippen molar-refractivity contribution in [2.24, 2.45) is 0 Å². The number of fused-ring (bicyclic) bond motifs is 2. The fourth-order valence-electron chi connectivity index (χ4n) is 2.56. The summed E-state index contributed by atoms with van der Waals surface area (Å²) in [5, 5.41) is 19.8. The maximum absolute atomic E-state index is 12.5. The highest BCUT2D eigenvalue weighted by Gasteiger charge is 2.38. The lowest BCUT2D eigenvalue weighted by molar-refractivity contribution is -0.0000255. The van der Waals surface area contributed by atoms with Gasteiger partial charge < -0.3 is 20.5 Å². The quantitative estimate of drug-likeness (QED) is 0.212. The lowest BCUT2D eigenvalue weighted by Gasteiger charge is -2.23. The summed E-state index contributed by atoms with van der Waals surface area (Å²) < 4.78 is 33.7. The summed E-state index contributed by atoms with van der Waals surface area (Å²) >= 11 is 0. The number of nitrogen functional groups attached to an aromatic ring is 1. The molecule has 124 valence electrons. The molecule has 3 rings (SSSR count). The summed E-state index contributed by atoms with van der Waals surface area (Å²) in [6.07, 6.45) is 0. The molecule has 9 nitrogen and oxygen atoms in total. The number of aromatic hydroxyl groups is 2. The van der Waals surface area contributed by atoms with Gasteiger partial charge in [-0.3, -0.25) is 9.59 Å². The topological polar surface area (TPSA) is 191 Å². The van der Waals surface area contributed by atoms with Gasteiger partial charge in [-0.25, -0.2) is 8.42 Å². The Balaban J connectivity index is 0.00000208. The number of rotatable bonds is 1.